The van der Waals surface area contributed by atoms with Gasteiger partial charge < -0.3 is 15.7 Å². The highest BCUT2D eigenvalue weighted by molar-refractivity contribution is 6.24. The lowest BCUT2D eigenvalue weighted by molar-refractivity contribution is -0.121. The van der Waals surface area contributed by atoms with Gasteiger partial charge in [-0.25, -0.2) is 0 Å². The fourth-order valence-electron chi connectivity index (χ4n) is 4.47. The first kappa shape index (κ1) is 20.1. The molecular weight excluding hydrogens is 378 g/mol. The molecule has 1 fully saturated rings. The number of aliphatic hydroxyl groups excluding tert-OH is 1. The number of nitrogens with zero attached hydrogens (tertiary/aromatic N) is 1. The highest BCUT2D eigenvalue weighted by Gasteiger charge is 2.44. The van der Waals surface area contributed by atoms with E-state index in [9.17, 15) is 14.7 Å². The summed E-state index contributed by atoms with van der Waals surface area (Å²) >= 11 is 0. The Bertz CT molecular complexity index is 963. The molecule has 1 aliphatic carbocycles. The standard InChI is InChI=1S/C24H27N3O3/c1-24(14-16-6-5-13-25-15-16)21(28)20(23(30)27-24)22(29)26-19-11-9-18(10-12-19)17-7-3-2-4-8-17/h5-6,9-13,15,17,28H,2-4,7-8,14H2,1H3,(H,26,29)(H,27,30). The zero-order valence-electron chi connectivity index (χ0n) is 17.1. The normalized spacial score (nSPS) is 22.1. The van der Waals surface area contributed by atoms with Crippen molar-refractivity contribution in [2.45, 2.75) is 56.9 Å². The maximum absolute atomic E-state index is 12.8. The van der Waals surface area contributed by atoms with Crippen molar-refractivity contribution in [3.05, 3.63) is 71.3 Å². The second-order valence-electron chi connectivity index (χ2n) is 8.46. The maximum atomic E-state index is 12.8. The van der Waals surface area contributed by atoms with Crippen molar-refractivity contribution in [1.82, 2.24) is 10.3 Å². The van der Waals surface area contributed by atoms with Crippen molar-refractivity contribution in [1.29, 1.82) is 0 Å². The number of rotatable bonds is 5. The number of carbonyl (C=O) groups excluding carboxylic acids is 2. The molecule has 1 unspecified atom stereocenters. The largest absolute Gasteiger partial charge is 0.509 e. The average molecular weight is 405 g/mol. The lowest BCUT2D eigenvalue weighted by Crippen LogP contribution is -2.43. The Morgan fingerprint density at radius 2 is 1.93 bits per heavy atom. The Kier molecular flexibility index (Phi) is 5.57. The fourth-order valence-corrected chi connectivity index (χ4v) is 4.47. The summed E-state index contributed by atoms with van der Waals surface area (Å²) in [6.07, 6.45) is 9.94. The molecule has 1 aromatic heterocycles. The van der Waals surface area contributed by atoms with Crippen LogP contribution in [0.5, 0.6) is 0 Å². The van der Waals surface area contributed by atoms with E-state index < -0.39 is 17.4 Å². The smallest absolute Gasteiger partial charge is 0.264 e. The van der Waals surface area contributed by atoms with Crippen LogP contribution in [-0.2, 0) is 16.0 Å². The summed E-state index contributed by atoms with van der Waals surface area (Å²) in [4.78, 5) is 29.3. The van der Waals surface area contributed by atoms with Gasteiger partial charge in [0.1, 0.15) is 11.3 Å². The molecule has 0 radical (unpaired) electrons. The van der Waals surface area contributed by atoms with Crippen LogP contribution in [0, 0.1) is 0 Å². The molecule has 0 spiro atoms. The number of aliphatic hydroxyl groups is 1. The van der Waals surface area contributed by atoms with Crippen LogP contribution in [0.1, 0.15) is 56.1 Å². The van der Waals surface area contributed by atoms with Gasteiger partial charge in [0.25, 0.3) is 11.8 Å². The van der Waals surface area contributed by atoms with Gasteiger partial charge in [0.2, 0.25) is 0 Å². The number of anilines is 1. The van der Waals surface area contributed by atoms with Crippen LogP contribution in [0.15, 0.2) is 60.1 Å². The van der Waals surface area contributed by atoms with Crippen LogP contribution in [0.3, 0.4) is 0 Å². The molecule has 6 nitrogen and oxygen atoms in total. The molecule has 2 aliphatic rings. The third-order valence-electron chi connectivity index (χ3n) is 6.13. The van der Waals surface area contributed by atoms with E-state index in [1.165, 1.54) is 37.7 Å². The van der Waals surface area contributed by atoms with Crippen molar-refractivity contribution in [3.63, 3.8) is 0 Å². The van der Waals surface area contributed by atoms with Crippen molar-refractivity contribution < 1.29 is 14.7 Å². The molecular formula is C24H27N3O3. The van der Waals surface area contributed by atoms with Gasteiger partial charge in [-0.1, -0.05) is 37.5 Å². The molecule has 1 aliphatic heterocycles. The van der Waals surface area contributed by atoms with Gasteiger partial charge in [-0.05, 0) is 55.0 Å². The molecule has 30 heavy (non-hydrogen) atoms. The number of hydrogen-bond donors (Lipinski definition) is 3. The van der Waals surface area contributed by atoms with Crippen molar-refractivity contribution in [2.75, 3.05) is 5.32 Å². The zero-order valence-corrected chi connectivity index (χ0v) is 17.1. The minimum absolute atomic E-state index is 0.238. The Morgan fingerprint density at radius 3 is 2.60 bits per heavy atom. The number of amides is 2. The van der Waals surface area contributed by atoms with Gasteiger partial charge in [-0.3, -0.25) is 14.6 Å². The summed E-state index contributed by atoms with van der Waals surface area (Å²) < 4.78 is 0. The second kappa shape index (κ2) is 8.30. The molecule has 2 amide bonds. The molecule has 0 bridgehead atoms. The molecule has 3 N–H and O–H groups in total. The molecule has 1 atom stereocenters. The molecule has 0 saturated heterocycles. The number of carbonyl (C=O) groups is 2. The van der Waals surface area contributed by atoms with Crippen molar-refractivity contribution in [2.24, 2.45) is 0 Å². The van der Waals surface area contributed by atoms with Crippen molar-refractivity contribution >= 4 is 17.5 Å². The Balaban J connectivity index is 1.48. The number of benzene rings is 1. The Hall–Kier alpha value is -3.15. The predicted molar refractivity (Wildman–Crippen MR) is 115 cm³/mol. The van der Waals surface area contributed by atoms with Crippen LogP contribution in [0.4, 0.5) is 5.69 Å². The number of pyridine rings is 1. The third kappa shape index (κ3) is 4.08. The second-order valence-corrected chi connectivity index (χ2v) is 8.46. The van der Waals surface area contributed by atoms with E-state index >= 15 is 0 Å². The highest BCUT2D eigenvalue weighted by atomic mass is 16.3. The summed E-state index contributed by atoms with van der Waals surface area (Å²) in [5, 5.41) is 16.2. The number of nitrogens with one attached hydrogen (secondary N) is 2. The minimum atomic E-state index is -1.04. The van der Waals surface area contributed by atoms with Gasteiger partial charge >= 0.3 is 0 Å². The van der Waals surface area contributed by atoms with Crippen LogP contribution in [-0.4, -0.2) is 27.4 Å². The zero-order chi connectivity index (χ0) is 21.1. The first-order valence-electron chi connectivity index (χ1n) is 10.5. The monoisotopic (exact) mass is 405 g/mol. The quantitative estimate of drug-likeness (QED) is 0.656. The summed E-state index contributed by atoms with van der Waals surface area (Å²) in [6.45, 7) is 1.70. The third-order valence-corrected chi connectivity index (χ3v) is 6.13. The van der Waals surface area contributed by atoms with Crippen LogP contribution >= 0.6 is 0 Å². The summed E-state index contributed by atoms with van der Waals surface area (Å²) in [5.74, 6) is -0.836. The SMILES string of the molecule is CC1(Cc2cccnc2)NC(=O)C(C(=O)Nc2ccc(C3CCCCC3)cc2)=C1O. The molecule has 1 aromatic carbocycles. The highest BCUT2D eigenvalue weighted by Crippen LogP contribution is 2.33. The van der Waals surface area contributed by atoms with E-state index in [0.717, 1.165) is 5.56 Å². The number of hydrogen-bond acceptors (Lipinski definition) is 4. The minimum Gasteiger partial charge on any atom is -0.509 e. The Labute approximate surface area is 176 Å². The van der Waals surface area contributed by atoms with Gasteiger partial charge in [0, 0.05) is 24.5 Å². The maximum Gasteiger partial charge on any atom is 0.264 e. The molecule has 2 heterocycles. The van der Waals surface area contributed by atoms with E-state index in [4.69, 9.17) is 0 Å². The van der Waals surface area contributed by atoms with E-state index in [-0.39, 0.29) is 11.3 Å². The summed E-state index contributed by atoms with van der Waals surface area (Å²) in [7, 11) is 0. The average Bonchev–Trinajstić information content (AvgIpc) is 2.97. The van der Waals surface area contributed by atoms with E-state index in [1.54, 1.807) is 25.4 Å². The van der Waals surface area contributed by atoms with E-state index in [2.05, 4.69) is 15.6 Å². The first-order chi connectivity index (χ1) is 14.5. The van der Waals surface area contributed by atoms with Crippen LogP contribution < -0.4 is 10.6 Å². The van der Waals surface area contributed by atoms with Gasteiger partial charge in [0.15, 0.2) is 0 Å². The molecule has 2 aromatic rings. The van der Waals surface area contributed by atoms with E-state index in [0.29, 0.717) is 18.0 Å². The predicted octanol–water partition coefficient (Wildman–Crippen LogP) is 4.01. The van der Waals surface area contributed by atoms with Crippen LogP contribution in [0.2, 0.25) is 0 Å². The summed E-state index contributed by atoms with van der Waals surface area (Å²) in [6, 6.07) is 11.5. The Morgan fingerprint density at radius 1 is 1.20 bits per heavy atom. The van der Waals surface area contributed by atoms with Gasteiger partial charge in [0.05, 0.1) is 5.54 Å². The lowest BCUT2D eigenvalue weighted by Gasteiger charge is -2.24. The number of aromatic nitrogens is 1. The summed E-state index contributed by atoms with van der Waals surface area (Å²) in [5.41, 5.74) is 1.47. The lowest BCUT2D eigenvalue weighted by atomic mass is 9.84. The fraction of sp³-hybridized carbons (Fsp3) is 0.375. The van der Waals surface area contributed by atoms with E-state index in [1.807, 2.05) is 30.3 Å². The topological polar surface area (TPSA) is 91.3 Å². The molecule has 1 saturated carbocycles. The van der Waals surface area contributed by atoms with Gasteiger partial charge in [-0.15, -0.1) is 0 Å². The van der Waals surface area contributed by atoms with Crippen molar-refractivity contribution in [3.8, 4) is 0 Å². The van der Waals surface area contributed by atoms with Crippen LogP contribution in [0.25, 0.3) is 0 Å². The molecule has 6 heteroatoms. The molecule has 156 valence electrons. The first-order valence-corrected chi connectivity index (χ1v) is 10.5. The molecule has 4 rings (SSSR count). The van der Waals surface area contributed by atoms with Gasteiger partial charge in [-0.2, -0.15) is 0 Å².